The van der Waals surface area contributed by atoms with Gasteiger partial charge < -0.3 is 14.4 Å². The van der Waals surface area contributed by atoms with Gasteiger partial charge in [-0.05, 0) is 24.3 Å². The van der Waals surface area contributed by atoms with Crippen molar-refractivity contribution in [1.82, 2.24) is 0 Å². The smallest absolute Gasteiger partial charge is 0.299 e. The van der Waals surface area contributed by atoms with Crippen LogP contribution in [0.3, 0.4) is 0 Å². The largest absolute Gasteiger partial charge is 0.467 e. The second-order valence-electron chi connectivity index (χ2n) is 5.40. The van der Waals surface area contributed by atoms with Gasteiger partial charge >= 0.3 is 0 Å². The number of fused-ring (bicyclic) bond motifs is 2. The third-order valence-corrected chi connectivity index (χ3v) is 3.96. The predicted octanol–water partition coefficient (Wildman–Crippen LogP) is 2.42. The van der Waals surface area contributed by atoms with E-state index in [2.05, 4.69) is 0 Å². The molecule has 2 aliphatic rings. The highest BCUT2D eigenvalue weighted by Crippen LogP contribution is 2.34. The summed E-state index contributed by atoms with van der Waals surface area (Å²) in [7, 11) is 0. The average Bonchev–Trinajstić information content (AvgIpc) is 2.80. The van der Waals surface area contributed by atoms with Crippen molar-refractivity contribution in [2.75, 3.05) is 11.7 Å². The summed E-state index contributed by atoms with van der Waals surface area (Å²) >= 11 is 0. The third kappa shape index (κ3) is 2.19. The normalized spacial score (nSPS) is 16.1. The number of rotatable bonds is 2. The van der Waals surface area contributed by atoms with E-state index in [1.165, 1.54) is 17.0 Å². The van der Waals surface area contributed by atoms with Gasteiger partial charge in [0, 0.05) is 11.1 Å². The van der Waals surface area contributed by atoms with Crippen molar-refractivity contribution in [2.24, 2.45) is 0 Å². The van der Waals surface area contributed by atoms with E-state index in [1.54, 1.807) is 24.3 Å². The summed E-state index contributed by atoms with van der Waals surface area (Å²) < 4.78 is 24.4. The molecular formula is C17H12FNO4. The molecule has 0 saturated heterocycles. The maximum Gasteiger partial charge on any atom is 0.299 e. The maximum atomic E-state index is 13.8. The first-order valence-electron chi connectivity index (χ1n) is 7.12. The summed E-state index contributed by atoms with van der Waals surface area (Å²) in [6.45, 7) is 0.403. The Morgan fingerprint density at radius 2 is 2.00 bits per heavy atom. The van der Waals surface area contributed by atoms with Gasteiger partial charge in [0.2, 0.25) is 0 Å². The zero-order valence-electron chi connectivity index (χ0n) is 12.0. The molecule has 0 N–H and O–H groups in total. The molecule has 0 aliphatic carbocycles. The van der Waals surface area contributed by atoms with Crippen molar-refractivity contribution >= 4 is 17.4 Å². The first-order chi connectivity index (χ1) is 11.1. The first-order valence-corrected chi connectivity index (χ1v) is 7.12. The van der Waals surface area contributed by atoms with E-state index in [0.29, 0.717) is 28.1 Å². The van der Waals surface area contributed by atoms with Crippen LogP contribution in [0, 0.1) is 5.82 Å². The molecular weight excluding hydrogens is 301 g/mol. The Bertz CT molecular complexity index is 833. The fraction of sp³-hybridized carbons (Fsp3) is 0.176. The third-order valence-electron chi connectivity index (χ3n) is 3.96. The maximum absolute atomic E-state index is 13.8. The molecule has 0 spiro atoms. The number of anilines is 1. The molecule has 23 heavy (non-hydrogen) atoms. The average molecular weight is 313 g/mol. The first kappa shape index (κ1) is 13.9. The SMILES string of the molecule is O=C1C(=O)N(Cc2cc(F)cc3c2OCOC3)c2ccccc21. The predicted molar refractivity (Wildman–Crippen MR) is 78.6 cm³/mol. The fourth-order valence-electron chi connectivity index (χ4n) is 2.95. The van der Waals surface area contributed by atoms with Gasteiger partial charge in [-0.15, -0.1) is 0 Å². The lowest BCUT2D eigenvalue weighted by Gasteiger charge is -2.23. The number of amides is 1. The van der Waals surface area contributed by atoms with Gasteiger partial charge in [-0.25, -0.2) is 4.39 Å². The second-order valence-corrected chi connectivity index (χ2v) is 5.40. The van der Waals surface area contributed by atoms with Crippen LogP contribution in [-0.4, -0.2) is 18.5 Å². The molecule has 0 bridgehead atoms. The lowest BCUT2D eigenvalue weighted by Crippen LogP contribution is -2.29. The molecule has 1 amide bonds. The lowest BCUT2D eigenvalue weighted by molar-refractivity contribution is -0.114. The van der Waals surface area contributed by atoms with E-state index >= 15 is 0 Å². The Balaban J connectivity index is 1.76. The molecule has 4 rings (SSSR count). The number of halogens is 1. The Morgan fingerprint density at radius 1 is 1.17 bits per heavy atom. The number of benzene rings is 2. The van der Waals surface area contributed by atoms with Crippen LogP contribution in [-0.2, 0) is 22.7 Å². The van der Waals surface area contributed by atoms with Crippen LogP contribution in [0.15, 0.2) is 36.4 Å². The monoisotopic (exact) mass is 313 g/mol. The van der Waals surface area contributed by atoms with Crippen molar-refractivity contribution in [3.8, 4) is 5.75 Å². The van der Waals surface area contributed by atoms with Crippen LogP contribution >= 0.6 is 0 Å². The summed E-state index contributed by atoms with van der Waals surface area (Å²) in [6.07, 6.45) is 0. The zero-order valence-corrected chi connectivity index (χ0v) is 12.0. The molecule has 5 nitrogen and oxygen atoms in total. The number of nitrogens with zero attached hydrogens (tertiary/aromatic N) is 1. The van der Waals surface area contributed by atoms with Crippen molar-refractivity contribution < 1.29 is 23.5 Å². The fourth-order valence-corrected chi connectivity index (χ4v) is 2.95. The van der Waals surface area contributed by atoms with E-state index < -0.39 is 17.5 Å². The molecule has 2 heterocycles. The van der Waals surface area contributed by atoms with Gasteiger partial charge in [-0.1, -0.05) is 12.1 Å². The number of carbonyl (C=O) groups is 2. The molecule has 0 atom stereocenters. The van der Waals surface area contributed by atoms with Crippen molar-refractivity contribution in [3.05, 3.63) is 58.9 Å². The van der Waals surface area contributed by atoms with Crippen molar-refractivity contribution in [2.45, 2.75) is 13.2 Å². The molecule has 2 aliphatic heterocycles. The minimum atomic E-state index is -0.615. The minimum Gasteiger partial charge on any atom is -0.467 e. The van der Waals surface area contributed by atoms with Gasteiger partial charge in [0.15, 0.2) is 6.79 Å². The van der Waals surface area contributed by atoms with Gasteiger partial charge in [-0.3, -0.25) is 9.59 Å². The van der Waals surface area contributed by atoms with Gasteiger partial charge in [-0.2, -0.15) is 0 Å². The van der Waals surface area contributed by atoms with E-state index in [0.717, 1.165) is 0 Å². The molecule has 2 aromatic rings. The topological polar surface area (TPSA) is 55.8 Å². The van der Waals surface area contributed by atoms with E-state index in [4.69, 9.17) is 9.47 Å². The molecule has 0 unspecified atom stereocenters. The highest BCUT2D eigenvalue weighted by molar-refractivity contribution is 6.52. The summed E-state index contributed by atoms with van der Waals surface area (Å²) in [5.41, 5.74) is 2.01. The van der Waals surface area contributed by atoms with E-state index in [9.17, 15) is 14.0 Å². The summed E-state index contributed by atoms with van der Waals surface area (Å²) in [4.78, 5) is 25.6. The van der Waals surface area contributed by atoms with Crippen molar-refractivity contribution in [3.63, 3.8) is 0 Å². The van der Waals surface area contributed by atoms with E-state index in [1.807, 2.05) is 0 Å². The van der Waals surface area contributed by atoms with Crippen LogP contribution in [0.25, 0.3) is 0 Å². The van der Waals surface area contributed by atoms with Crippen LogP contribution in [0.4, 0.5) is 10.1 Å². The summed E-state index contributed by atoms with van der Waals surface area (Å²) in [5.74, 6) is -1.08. The highest BCUT2D eigenvalue weighted by atomic mass is 19.1. The van der Waals surface area contributed by atoms with Gasteiger partial charge in [0.05, 0.1) is 24.4 Å². The zero-order chi connectivity index (χ0) is 16.0. The molecule has 6 heteroatoms. The second kappa shape index (κ2) is 5.17. The van der Waals surface area contributed by atoms with Gasteiger partial charge in [0.25, 0.3) is 11.7 Å². The Morgan fingerprint density at radius 3 is 2.87 bits per heavy atom. The molecule has 116 valence electrons. The number of ketones is 1. The van der Waals surface area contributed by atoms with Crippen LogP contribution < -0.4 is 9.64 Å². The van der Waals surface area contributed by atoms with Crippen LogP contribution in [0.2, 0.25) is 0 Å². The van der Waals surface area contributed by atoms with Crippen molar-refractivity contribution in [1.29, 1.82) is 0 Å². The number of carbonyl (C=O) groups excluding carboxylic acids is 2. The molecule has 0 saturated carbocycles. The lowest BCUT2D eigenvalue weighted by atomic mass is 10.1. The summed E-state index contributed by atoms with van der Waals surface area (Å²) in [5, 5.41) is 0. The number of hydrogen-bond donors (Lipinski definition) is 0. The summed E-state index contributed by atoms with van der Waals surface area (Å²) in [6, 6.07) is 9.45. The number of para-hydroxylation sites is 1. The Kier molecular flexibility index (Phi) is 3.12. The highest BCUT2D eigenvalue weighted by Gasteiger charge is 2.36. The number of hydrogen-bond acceptors (Lipinski definition) is 4. The van der Waals surface area contributed by atoms with Crippen LogP contribution in [0.5, 0.6) is 5.75 Å². The minimum absolute atomic E-state index is 0.0711. The number of Topliss-reactive ketones (excluding diaryl/α,β-unsaturated/α-hetero) is 1. The molecule has 2 aromatic carbocycles. The molecule has 0 aromatic heterocycles. The standard InChI is InChI=1S/C17H12FNO4/c18-12-5-10(16-11(6-12)8-22-9-23-16)7-19-14-4-2-1-3-13(14)15(20)17(19)21/h1-6H,7-9H2. The van der Waals surface area contributed by atoms with Gasteiger partial charge in [0.1, 0.15) is 11.6 Å². The van der Waals surface area contributed by atoms with Crippen LogP contribution in [0.1, 0.15) is 21.5 Å². The molecule has 0 fully saturated rings. The quantitative estimate of drug-likeness (QED) is 0.799. The van der Waals surface area contributed by atoms with E-state index in [-0.39, 0.29) is 19.9 Å². The Hall–Kier alpha value is -2.73. The number of ether oxygens (including phenoxy) is 2. The Labute approximate surface area is 131 Å². The molecule has 0 radical (unpaired) electrons.